The molecule has 0 saturated carbocycles. The van der Waals surface area contributed by atoms with E-state index in [1.807, 2.05) is 12.1 Å². The van der Waals surface area contributed by atoms with Crippen molar-refractivity contribution in [2.45, 2.75) is 38.3 Å². The summed E-state index contributed by atoms with van der Waals surface area (Å²) in [5.41, 5.74) is 1.49. The van der Waals surface area contributed by atoms with E-state index in [2.05, 4.69) is 43.2 Å². The second-order valence-electron chi connectivity index (χ2n) is 5.54. The van der Waals surface area contributed by atoms with Gasteiger partial charge < -0.3 is 10.2 Å². The van der Waals surface area contributed by atoms with Crippen molar-refractivity contribution in [2.75, 3.05) is 18.5 Å². The van der Waals surface area contributed by atoms with Gasteiger partial charge in [-0.15, -0.1) is 0 Å². The van der Waals surface area contributed by atoms with Gasteiger partial charge in [0.1, 0.15) is 0 Å². The molecule has 0 radical (unpaired) electrons. The summed E-state index contributed by atoms with van der Waals surface area (Å²) in [6.45, 7) is 5.64. The van der Waals surface area contributed by atoms with Crippen molar-refractivity contribution in [1.82, 2.24) is 5.32 Å². The van der Waals surface area contributed by atoms with E-state index < -0.39 is 0 Å². The third kappa shape index (κ3) is 3.14. The topological polar surface area (TPSA) is 15.3 Å². The van der Waals surface area contributed by atoms with Crippen molar-refractivity contribution < 1.29 is 0 Å². The van der Waals surface area contributed by atoms with Crippen LogP contribution < -0.4 is 10.2 Å². The number of rotatable bonds is 2. The lowest BCUT2D eigenvalue weighted by Crippen LogP contribution is -2.52. The van der Waals surface area contributed by atoms with Gasteiger partial charge in [0.15, 0.2) is 0 Å². The van der Waals surface area contributed by atoms with E-state index in [-0.39, 0.29) is 5.54 Å². The maximum Gasteiger partial charge on any atom is 0.0407 e. The molecule has 0 aromatic heterocycles. The van der Waals surface area contributed by atoms with E-state index in [1.165, 1.54) is 18.5 Å². The Labute approximate surface area is 109 Å². The normalized spacial score (nSPS) is 23.4. The number of benzene rings is 1. The van der Waals surface area contributed by atoms with Crippen molar-refractivity contribution in [1.29, 1.82) is 0 Å². The maximum atomic E-state index is 5.92. The minimum atomic E-state index is 0.240. The first kappa shape index (κ1) is 12.7. The molecular formula is C14H21ClN2. The molecular weight excluding hydrogens is 232 g/mol. The van der Waals surface area contributed by atoms with Crippen LogP contribution in [0, 0.1) is 0 Å². The molecule has 1 aliphatic rings. The number of nitrogens with zero attached hydrogens (tertiary/aromatic N) is 1. The highest BCUT2D eigenvalue weighted by molar-refractivity contribution is 6.30. The molecule has 0 spiro atoms. The molecule has 1 aliphatic heterocycles. The minimum Gasteiger partial charge on any atom is -0.371 e. The smallest absolute Gasteiger partial charge is 0.0407 e. The number of piperidine rings is 1. The summed E-state index contributed by atoms with van der Waals surface area (Å²) in [6, 6.07) is 8.71. The summed E-state index contributed by atoms with van der Waals surface area (Å²) >= 11 is 5.92. The first-order valence-corrected chi connectivity index (χ1v) is 6.59. The first-order chi connectivity index (χ1) is 7.98. The van der Waals surface area contributed by atoms with Crippen molar-refractivity contribution >= 4 is 17.3 Å². The summed E-state index contributed by atoms with van der Waals surface area (Å²) in [6.07, 6.45) is 2.37. The molecule has 2 nitrogen and oxygen atoms in total. The van der Waals surface area contributed by atoms with Crippen LogP contribution in [0.15, 0.2) is 24.3 Å². The number of hydrogen-bond acceptors (Lipinski definition) is 2. The molecule has 1 fully saturated rings. The Bertz CT molecular complexity index is 372. The zero-order valence-corrected chi connectivity index (χ0v) is 11.6. The molecule has 1 unspecified atom stereocenters. The highest BCUT2D eigenvalue weighted by Crippen LogP contribution is 2.26. The highest BCUT2D eigenvalue weighted by Gasteiger charge is 2.29. The molecule has 17 heavy (non-hydrogen) atoms. The lowest BCUT2D eigenvalue weighted by Gasteiger charge is -2.41. The Morgan fingerprint density at radius 2 is 1.94 bits per heavy atom. The Hall–Kier alpha value is -0.730. The highest BCUT2D eigenvalue weighted by atomic mass is 35.5. The van der Waals surface area contributed by atoms with Gasteiger partial charge >= 0.3 is 0 Å². The number of nitrogens with one attached hydrogen (secondary N) is 1. The number of hydrogen-bond donors (Lipinski definition) is 1. The zero-order valence-electron chi connectivity index (χ0n) is 10.8. The Kier molecular flexibility index (Phi) is 3.64. The number of halogens is 1. The quantitative estimate of drug-likeness (QED) is 0.869. The molecule has 1 aromatic carbocycles. The van der Waals surface area contributed by atoms with Gasteiger partial charge in [-0.3, -0.25) is 0 Å². The van der Waals surface area contributed by atoms with Gasteiger partial charge in [-0.05, 0) is 57.5 Å². The van der Waals surface area contributed by atoms with Crippen molar-refractivity contribution in [2.24, 2.45) is 0 Å². The van der Waals surface area contributed by atoms with Gasteiger partial charge in [-0.25, -0.2) is 0 Å². The molecule has 94 valence electrons. The van der Waals surface area contributed by atoms with Gasteiger partial charge in [0, 0.05) is 29.3 Å². The maximum absolute atomic E-state index is 5.92. The van der Waals surface area contributed by atoms with E-state index in [4.69, 9.17) is 11.6 Å². The van der Waals surface area contributed by atoms with Gasteiger partial charge in [0.05, 0.1) is 0 Å². The van der Waals surface area contributed by atoms with Crippen LogP contribution in [0.5, 0.6) is 0 Å². The summed E-state index contributed by atoms with van der Waals surface area (Å²) in [7, 11) is 2.18. The monoisotopic (exact) mass is 252 g/mol. The molecule has 1 aromatic rings. The van der Waals surface area contributed by atoms with Crippen LogP contribution in [0.4, 0.5) is 5.69 Å². The first-order valence-electron chi connectivity index (χ1n) is 6.21. The van der Waals surface area contributed by atoms with Crippen LogP contribution in [-0.2, 0) is 0 Å². The molecule has 0 aliphatic carbocycles. The van der Waals surface area contributed by atoms with E-state index in [0.717, 1.165) is 11.6 Å². The third-order valence-corrected chi connectivity index (χ3v) is 3.86. The predicted molar refractivity (Wildman–Crippen MR) is 75.0 cm³/mol. The summed E-state index contributed by atoms with van der Waals surface area (Å²) in [5.74, 6) is 0. The van der Waals surface area contributed by atoms with Gasteiger partial charge in [-0.2, -0.15) is 0 Å². The fourth-order valence-electron chi connectivity index (χ4n) is 2.56. The lowest BCUT2D eigenvalue weighted by molar-refractivity contribution is 0.272. The zero-order chi connectivity index (χ0) is 12.5. The predicted octanol–water partition coefficient (Wildman–Crippen LogP) is 3.31. The van der Waals surface area contributed by atoms with Gasteiger partial charge in [0.2, 0.25) is 0 Å². The van der Waals surface area contributed by atoms with Crippen LogP contribution in [0.3, 0.4) is 0 Å². The Morgan fingerprint density at radius 3 is 2.53 bits per heavy atom. The van der Waals surface area contributed by atoms with E-state index >= 15 is 0 Å². The molecule has 1 atom stereocenters. The Morgan fingerprint density at radius 1 is 1.29 bits per heavy atom. The van der Waals surface area contributed by atoms with Crippen LogP contribution in [-0.4, -0.2) is 25.2 Å². The van der Waals surface area contributed by atoms with E-state index in [0.29, 0.717) is 6.04 Å². The second kappa shape index (κ2) is 4.87. The summed E-state index contributed by atoms with van der Waals surface area (Å²) in [5, 5.41) is 4.35. The Balaban J connectivity index is 2.09. The second-order valence-corrected chi connectivity index (χ2v) is 5.98. The lowest BCUT2D eigenvalue weighted by atomic mass is 9.88. The largest absolute Gasteiger partial charge is 0.371 e. The molecule has 2 rings (SSSR count). The van der Waals surface area contributed by atoms with E-state index in [1.54, 1.807) is 0 Å². The standard InChI is InChI=1S/C14H21ClN2/c1-14(2)10-13(8-9-16-14)17(3)12-6-4-11(15)5-7-12/h4-7,13,16H,8-10H2,1-3H3. The molecule has 0 bridgehead atoms. The van der Waals surface area contributed by atoms with Crippen molar-refractivity contribution in [3.63, 3.8) is 0 Å². The van der Waals surface area contributed by atoms with Gasteiger partial charge in [-0.1, -0.05) is 11.6 Å². The molecule has 1 saturated heterocycles. The number of anilines is 1. The SMILES string of the molecule is CN(c1ccc(Cl)cc1)C1CCNC(C)(C)C1. The minimum absolute atomic E-state index is 0.240. The average molecular weight is 253 g/mol. The molecule has 1 heterocycles. The fourth-order valence-corrected chi connectivity index (χ4v) is 2.68. The van der Waals surface area contributed by atoms with Crippen molar-refractivity contribution in [3.8, 4) is 0 Å². The molecule has 3 heteroatoms. The molecule has 1 N–H and O–H groups in total. The summed E-state index contributed by atoms with van der Waals surface area (Å²) in [4.78, 5) is 2.37. The fraction of sp³-hybridized carbons (Fsp3) is 0.571. The molecule has 0 amide bonds. The van der Waals surface area contributed by atoms with Crippen LogP contribution in [0.2, 0.25) is 5.02 Å². The van der Waals surface area contributed by atoms with Crippen LogP contribution >= 0.6 is 11.6 Å². The van der Waals surface area contributed by atoms with Gasteiger partial charge in [0.25, 0.3) is 0 Å². The average Bonchev–Trinajstić information content (AvgIpc) is 2.28. The van der Waals surface area contributed by atoms with Crippen molar-refractivity contribution in [3.05, 3.63) is 29.3 Å². The van der Waals surface area contributed by atoms with Crippen LogP contribution in [0.1, 0.15) is 26.7 Å². The van der Waals surface area contributed by atoms with Crippen LogP contribution in [0.25, 0.3) is 0 Å². The summed E-state index contributed by atoms with van der Waals surface area (Å²) < 4.78 is 0. The third-order valence-electron chi connectivity index (χ3n) is 3.61. The van der Waals surface area contributed by atoms with E-state index in [9.17, 15) is 0 Å².